The SMILES string of the molecule is CCCCCCC1(CCCCCC)c2cc([B]OCCO)ccc2-c2ccc(B3OCCO3)cc21. The van der Waals surface area contributed by atoms with Crippen molar-refractivity contribution in [3.8, 4) is 11.1 Å². The summed E-state index contributed by atoms with van der Waals surface area (Å²) in [5.41, 5.74) is 7.80. The van der Waals surface area contributed by atoms with Gasteiger partial charge in [-0.1, -0.05) is 107 Å². The summed E-state index contributed by atoms with van der Waals surface area (Å²) in [7, 11) is 1.54. The van der Waals surface area contributed by atoms with Crippen LogP contribution in [-0.4, -0.2) is 46.1 Å². The molecule has 0 amide bonds. The minimum atomic E-state index is -0.252. The molecule has 4 nitrogen and oxygen atoms in total. The highest BCUT2D eigenvalue weighted by Crippen LogP contribution is 2.53. The quantitative estimate of drug-likeness (QED) is 0.295. The van der Waals surface area contributed by atoms with E-state index in [9.17, 15) is 0 Å². The molecular weight excluding hydrogens is 434 g/mol. The predicted octanol–water partition coefficient (Wildman–Crippen LogP) is 4.89. The second-order valence-electron chi connectivity index (χ2n) is 10.1. The Morgan fingerprint density at radius 3 is 2.11 bits per heavy atom. The van der Waals surface area contributed by atoms with Crippen LogP contribution in [0.4, 0.5) is 0 Å². The third-order valence-corrected chi connectivity index (χ3v) is 7.65. The van der Waals surface area contributed by atoms with Crippen molar-refractivity contribution in [2.45, 2.75) is 83.5 Å². The lowest BCUT2D eigenvalue weighted by Gasteiger charge is -2.33. The van der Waals surface area contributed by atoms with E-state index >= 15 is 0 Å². The normalized spacial score (nSPS) is 15.9. The molecule has 1 radical (unpaired) electrons. The largest absolute Gasteiger partial charge is 0.494 e. The van der Waals surface area contributed by atoms with E-state index in [1.807, 2.05) is 0 Å². The second-order valence-corrected chi connectivity index (χ2v) is 10.1. The maximum atomic E-state index is 9.13. The Kier molecular flexibility index (Phi) is 9.91. The number of aliphatic hydroxyl groups excluding tert-OH is 1. The number of rotatable bonds is 15. The first kappa shape index (κ1) is 26.5. The molecule has 1 N–H and O–H groups in total. The van der Waals surface area contributed by atoms with E-state index in [0.717, 1.165) is 23.8 Å². The van der Waals surface area contributed by atoms with E-state index in [-0.39, 0.29) is 19.1 Å². The van der Waals surface area contributed by atoms with Gasteiger partial charge in [0.1, 0.15) is 0 Å². The standard InChI is InChI=1S/C29H41B2O4/c1-3-5-7-9-15-29(16-10-8-6-4-2)27-21-23(30-33-18-17-32)11-13-25(27)26-14-12-24(22-28(26)29)31-34-19-20-35-31/h11-14,21-22,32H,3-10,15-20H2,1-2H3. The lowest BCUT2D eigenvalue weighted by molar-refractivity contribution is 0.209. The molecule has 187 valence electrons. The average molecular weight is 475 g/mol. The molecule has 35 heavy (non-hydrogen) atoms. The molecule has 0 spiro atoms. The summed E-state index contributed by atoms with van der Waals surface area (Å²) in [5, 5.41) is 9.13. The van der Waals surface area contributed by atoms with Crippen molar-refractivity contribution in [2.24, 2.45) is 0 Å². The molecule has 0 atom stereocenters. The van der Waals surface area contributed by atoms with E-state index in [1.165, 1.54) is 73.6 Å². The fourth-order valence-corrected chi connectivity index (χ4v) is 5.88. The third kappa shape index (κ3) is 6.05. The monoisotopic (exact) mass is 475 g/mol. The number of hydrogen-bond acceptors (Lipinski definition) is 4. The highest BCUT2D eigenvalue weighted by molar-refractivity contribution is 6.61. The van der Waals surface area contributed by atoms with Gasteiger partial charge in [-0.2, -0.15) is 0 Å². The van der Waals surface area contributed by atoms with Crippen LogP contribution in [0.1, 0.15) is 89.2 Å². The molecule has 0 aromatic heterocycles. The van der Waals surface area contributed by atoms with Crippen molar-refractivity contribution >= 4 is 25.5 Å². The molecule has 1 aliphatic heterocycles. The predicted molar refractivity (Wildman–Crippen MR) is 146 cm³/mol. The molecule has 4 rings (SSSR count). The van der Waals surface area contributed by atoms with Crippen LogP contribution in [0.25, 0.3) is 11.1 Å². The van der Waals surface area contributed by atoms with Gasteiger partial charge < -0.3 is 19.1 Å². The molecule has 2 aromatic carbocycles. The van der Waals surface area contributed by atoms with Gasteiger partial charge in [0, 0.05) is 5.41 Å². The van der Waals surface area contributed by atoms with Crippen molar-refractivity contribution in [2.75, 3.05) is 26.4 Å². The van der Waals surface area contributed by atoms with E-state index in [4.69, 9.17) is 19.1 Å². The maximum absolute atomic E-state index is 9.13. The number of hydrogen-bond donors (Lipinski definition) is 1. The Morgan fingerprint density at radius 1 is 0.857 bits per heavy atom. The Balaban J connectivity index is 1.74. The Hall–Kier alpha value is -1.59. The molecule has 1 aliphatic carbocycles. The van der Waals surface area contributed by atoms with Crippen molar-refractivity contribution in [3.63, 3.8) is 0 Å². The van der Waals surface area contributed by atoms with Crippen molar-refractivity contribution in [1.82, 2.24) is 0 Å². The molecule has 2 aliphatic rings. The summed E-state index contributed by atoms with van der Waals surface area (Å²) < 4.78 is 17.3. The van der Waals surface area contributed by atoms with Gasteiger partial charge in [-0.3, -0.25) is 0 Å². The third-order valence-electron chi connectivity index (χ3n) is 7.65. The number of fused-ring (bicyclic) bond motifs is 3. The molecule has 0 saturated carbocycles. The maximum Gasteiger partial charge on any atom is 0.494 e. The van der Waals surface area contributed by atoms with Gasteiger partial charge in [0.25, 0.3) is 0 Å². The van der Waals surface area contributed by atoms with Crippen LogP contribution in [0.15, 0.2) is 36.4 Å². The molecule has 2 aromatic rings. The van der Waals surface area contributed by atoms with Gasteiger partial charge >= 0.3 is 14.6 Å². The zero-order valence-electron chi connectivity index (χ0n) is 21.7. The van der Waals surface area contributed by atoms with Crippen LogP contribution < -0.4 is 10.9 Å². The lowest BCUT2D eigenvalue weighted by Crippen LogP contribution is -2.34. The minimum Gasteiger partial charge on any atom is -0.432 e. The van der Waals surface area contributed by atoms with Crippen LogP contribution >= 0.6 is 0 Å². The summed E-state index contributed by atoms with van der Waals surface area (Å²) in [6.45, 7) is 6.23. The molecule has 1 saturated heterocycles. The Bertz CT molecular complexity index is 930. The van der Waals surface area contributed by atoms with Crippen LogP contribution in [0.3, 0.4) is 0 Å². The Labute approximate surface area is 213 Å². The first-order chi connectivity index (χ1) is 17.2. The van der Waals surface area contributed by atoms with E-state index in [0.29, 0.717) is 19.8 Å². The van der Waals surface area contributed by atoms with Crippen LogP contribution in [0, 0.1) is 0 Å². The zero-order chi connectivity index (χ0) is 24.5. The molecule has 1 fully saturated rings. The molecular formula is C29H41B2O4. The molecule has 0 bridgehead atoms. The number of aliphatic hydroxyl groups is 1. The van der Waals surface area contributed by atoms with E-state index < -0.39 is 0 Å². The Morgan fingerprint density at radius 2 is 1.49 bits per heavy atom. The summed E-state index contributed by atoms with van der Waals surface area (Å²) in [4.78, 5) is 0. The van der Waals surface area contributed by atoms with Crippen LogP contribution in [0.2, 0.25) is 0 Å². The highest BCUT2D eigenvalue weighted by Gasteiger charge is 2.43. The highest BCUT2D eigenvalue weighted by atomic mass is 16.6. The van der Waals surface area contributed by atoms with Crippen molar-refractivity contribution in [3.05, 3.63) is 47.5 Å². The van der Waals surface area contributed by atoms with Gasteiger partial charge in [-0.05, 0) is 40.6 Å². The number of benzene rings is 2. The van der Waals surface area contributed by atoms with Crippen molar-refractivity contribution < 1.29 is 19.1 Å². The topological polar surface area (TPSA) is 47.9 Å². The van der Waals surface area contributed by atoms with Gasteiger partial charge in [-0.25, -0.2) is 0 Å². The molecule has 1 heterocycles. The van der Waals surface area contributed by atoms with Crippen LogP contribution in [-0.2, 0) is 19.4 Å². The fourth-order valence-electron chi connectivity index (χ4n) is 5.88. The smallest absolute Gasteiger partial charge is 0.432 e. The lowest BCUT2D eigenvalue weighted by atomic mass is 9.68. The second kappa shape index (κ2) is 13.1. The summed E-state index contributed by atoms with van der Waals surface area (Å²) in [6.07, 6.45) is 12.4. The summed E-state index contributed by atoms with van der Waals surface area (Å²) in [5.74, 6) is 0. The first-order valence-electron chi connectivity index (χ1n) is 13.8. The fraction of sp³-hybridized carbons (Fsp3) is 0.586. The average Bonchev–Trinajstić information content (AvgIpc) is 3.51. The minimum absolute atomic E-state index is 0.00158. The molecule has 6 heteroatoms. The van der Waals surface area contributed by atoms with Gasteiger partial charge in [-0.15, -0.1) is 0 Å². The first-order valence-corrected chi connectivity index (χ1v) is 13.8. The van der Waals surface area contributed by atoms with Gasteiger partial charge in [0.15, 0.2) is 0 Å². The van der Waals surface area contributed by atoms with Gasteiger partial charge in [0.2, 0.25) is 0 Å². The van der Waals surface area contributed by atoms with Crippen LogP contribution in [0.5, 0.6) is 0 Å². The van der Waals surface area contributed by atoms with E-state index in [1.54, 1.807) is 7.48 Å². The zero-order valence-corrected chi connectivity index (χ0v) is 21.7. The number of unbranched alkanes of at least 4 members (excludes halogenated alkanes) is 6. The van der Waals surface area contributed by atoms with E-state index in [2.05, 4.69) is 50.2 Å². The van der Waals surface area contributed by atoms with Crippen molar-refractivity contribution in [1.29, 1.82) is 0 Å². The van der Waals surface area contributed by atoms with Gasteiger partial charge in [0.05, 0.1) is 26.4 Å². The summed E-state index contributed by atoms with van der Waals surface area (Å²) in [6, 6.07) is 13.6. The summed E-state index contributed by atoms with van der Waals surface area (Å²) >= 11 is 0. The molecule has 0 unspecified atom stereocenters.